The molecule has 1 radical (unpaired) electrons. The summed E-state index contributed by atoms with van der Waals surface area (Å²) in [6.45, 7) is 6.38. The van der Waals surface area contributed by atoms with E-state index in [0.717, 1.165) is 0 Å². The number of ether oxygens (including phenoxy) is 2. The van der Waals surface area contributed by atoms with Gasteiger partial charge in [-0.25, -0.2) is 0 Å². The number of hydrogen-bond donors (Lipinski definition) is 0. The van der Waals surface area contributed by atoms with Crippen LogP contribution < -0.4 is 0 Å². The standard InChI is InChI=1S/C9H17O2/c1-3-10-8(2)11-9-6-4-5-7-9/h8-9H,2-7H2,1H3. The monoisotopic (exact) mass is 157 g/mol. The zero-order valence-corrected chi connectivity index (χ0v) is 7.21. The summed E-state index contributed by atoms with van der Waals surface area (Å²) in [5.41, 5.74) is 0. The largest absolute Gasteiger partial charge is 0.353 e. The molecule has 0 aromatic heterocycles. The summed E-state index contributed by atoms with van der Waals surface area (Å²) in [6, 6.07) is 0. The summed E-state index contributed by atoms with van der Waals surface area (Å²) >= 11 is 0. The van der Waals surface area contributed by atoms with Crippen LogP contribution in [-0.4, -0.2) is 19.0 Å². The molecule has 1 saturated carbocycles. The second kappa shape index (κ2) is 4.73. The summed E-state index contributed by atoms with van der Waals surface area (Å²) in [5.74, 6) is 0. The molecule has 1 aliphatic rings. The van der Waals surface area contributed by atoms with Crippen LogP contribution in [0.25, 0.3) is 0 Å². The fraction of sp³-hybridized carbons (Fsp3) is 0.889. The first kappa shape index (κ1) is 9.01. The Morgan fingerprint density at radius 2 is 2.09 bits per heavy atom. The average Bonchev–Trinajstić information content (AvgIpc) is 2.40. The maximum absolute atomic E-state index is 5.52. The third kappa shape index (κ3) is 3.21. The molecule has 0 bridgehead atoms. The quantitative estimate of drug-likeness (QED) is 0.582. The first-order chi connectivity index (χ1) is 5.33. The lowest BCUT2D eigenvalue weighted by atomic mass is 10.3. The first-order valence-electron chi connectivity index (χ1n) is 4.43. The molecule has 0 aromatic carbocycles. The van der Waals surface area contributed by atoms with Gasteiger partial charge >= 0.3 is 0 Å². The first-order valence-corrected chi connectivity index (χ1v) is 4.43. The van der Waals surface area contributed by atoms with E-state index in [0.29, 0.717) is 12.7 Å². The van der Waals surface area contributed by atoms with E-state index in [2.05, 4.69) is 6.92 Å². The Morgan fingerprint density at radius 1 is 1.45 bits per heavy atom. The average molecular weight is 157 g/mol. The van der Waals surface area contributed by atoms with E-state index < -0.39 is 0 Å². The molecule has 1 aliphatic carbocycles. The molecule has 1 atom stereocenters. The van der Waals surface area contributed by atoms with Gasteiger partial charge in [-0.05, 0) is 19.8 Å². The number of rotatable bonds is 4. The Balaban J connectivity index is 2.08. The van der Waals surface area contributed by atoms with E-state index in [1.165, 1.54) is 25.7 Å². The van der Waals surface area contributed by atoms with E-state index in [4.69, 9.17) is 9.47 Å². The Kier molecular flexibility index (Phi) is 3.87. The molecule has 1 unspecified atom stereocenters. The highest BCUT2D eigenvalue weighted by Crippen LogP contribution is 2.22. The van der Waals surface area contributed by atoms with Gasteiger partial charge in [0.15, 0.2) is 6.29 Å². The minimum absolute atomic E-state index is 0.261. The molecule has 0 spiro atoms. The molecule has 1 rings (SSSR count). The van der Waals surface area contributed by atoms with Crippen LogP contribution in [0.2, 0.25) is 0 Å². The molecule has 0 N–H and O–H groups in total. The van der Waals surface area contributed by atoms with Gasteiger partial charge in [0.2, 0.25) is 0 Å². The van der Waals surface area contributed by atoms with Crippen molar-refractivity contribution in [3.8, 4) is 0 Å². The van der Waals surface area contributed by atoms with Crippen molar-refractivity contribution in [2.75, 3.05) is 6.61 Å². The second-order valence-electron chi connectivity index (χ2n) is 2.93. The van der Waals surface area contributed by atoms with Crippen LogP contribution in [0.3, 0.4) is 0 Å². The van der Waals surface area contributed by atoms with Gasteiger partial charge in [-0.1, -0.05) is 12.8 Å². The van der Waals surface area contributed by atoms with Crippen molar-refractivity contribution >= 4 is 0 Å². The molecule has 11 heavy (non-hydrogen) atoms. The van der Waals surface area contributed by atoms with Gasteiger partial charge < -0.3 is 9.47 Å². The summed E-state index contributed by atoms with van der Waals surface area (Å²) in [5, 5.41) is 0. The lowest BCUT2D eigenvalue weighted by Gasteiger charge is -2.17. The molecule has 0 saturated heterocycles. The van der Waals surface area contributed by atoms with Gasteiger partial charge in [0.05, 0.1) is 6.10 Å². The summed E-state index contributed by atoms with van der Waals surface area (Å²) in [6.07, 6.45) is 5.10. The van der Waals surface area contributed by atoms with Gasteiger partial charge in [0, 0.05) is 13.5 Å². The Bertz CT molecular complexity index is 97.7. The summed E-state index contributed by atoms with van der Waals surface area (Å²) < 4.78 is 10.7. The van der Waals surface area contributed by atoms with E-state index in [1.54, 1.807) is 0 Å². The fourth-order valence-electron chi connectivity index (χ4n) is 1.46. The van der Waals surface area contributed by atoms with Gasteiger partial charge in [-0.3, -0.25) is 0 Å². The Labute approximate surface area is 68.9 Å². The van der Waals surface area contributed by atoms with Crippen molar-refractivity contribution < 1.29 is 9.47 Å². The molecule has 0 amide bonds. The van der Waals surface area contributed by atoms with Gasteiger partial charge in [0.1, 0.15) is 0 Å². The second-order valence-corrected chi connectivity index (χ2v) is 2.93. The van der Waals surface area contributed by atoms with Gasteiger partial charge in [0.25, 0.3) is 0 Å². The molecular formula is C9H17O2. The normalized spacial score (nSPS) is 22.4. The molecular weight excluding hydrogens is 140 g/mol. The van der Waals surface area contributed by atoms with E-state index >= 15 is 0 Å². The minimum Gasteiger partial charge on any atom is -0.353 e. The molecule has 2 heteroatoms. The predicted molar refractivity (Wildman–Crippen MR) is 44.1 cm³/mol. The lowest BCUT2D eigenvalue weighted by Crippen LogP contribution is -2.19. The van der Waals surface area contributed by atoms with Crippen molar-refractivity contribution in [2.24, 2.45) is 0 Å². The van der Waals surface area contributed by atoms with Crippen LogP contribution in [0.4, 0.5) is 0 Å². The van der Waals surface area contributed by atoms with Crippen molar-refractivity contribution in [3.63, 3.8) is 0 Å². The lowest BCUT2D eigenvalue weighted by molar-refractivity contribution is -0.139. The predicted octanol–water partition coefficient (Wildman–Crippen LogP) is 2.14. The highest BCUT2D eigenvalue weighted by molar-refractivity contribution is 4.67. The third-order valence-corrected chi connectivity index (χ3v) is 2.00. The van der Waals surface area contributed by atoms with Crippen LogP contribution in [0.5, 0.6) is 0 Å². The van der Waals surface area contributed by atoms with Crippen molar-refractivity contribution in [1.29, 1.82) is 0 Å². The van der Waals surface area contributed by atoms with Crippen LogP contribution in [-0.2, 0) is 9.47 Å². The molecule has 0 heterocycles. The fourth-order valence-corrected chi connectivity index (χ4v) is 1.46. The van der Waals surface area contributed by atoms with E-state index in [1.807, 2.05) is 6.92 Å². The van der Waals surface area contributed by atoms with Gasteiger partial charge in [-0.2, -0.15) is 0 Å². The topological polar surface area (TPSA) is 18.5 Å². The van der Waals surface area contributed by atoms with Crippen LogP contribution in [0.15, 0.2) is 0 Å². The van der Waals surface area contributed by atoms with Crippen molar-refractivity contribution in [3.05, 3.63) is 6.92 Å². The summed E-state index contributed by atoms with van der Waals surface area (Å²) in [7, 11) is 0. The third-order valence-electron chi connectivity index (χ3n) is 2.00. The zero-order chi connectivity index (χ0) is 8.10. The zero-order valence-electron chi connectivity index (χ0n) is 7.21. The summed E-state index contributed by atoms with van der Waals surface area (Å²) in [4.78, 5) is 0. The van der Waals surface area contributed by atoms with Crippen LogP contribution >= 0.6 is 0 Å². The molecule has 1 fully saturated rings. The van der Waals surface area contributed by atoms with Crippen LogP contribution in [0, 0.1) is 6.92 Å². The van der Waals surface area contributed by atoms with Gasteiger partial charge in [-0.15, -0.1) is 0 Å². The molecule has 2 nitrogen and oxygen atoms in total. The minimum atomic E-state index is -0.261. The maximum Gasteiger partial charge on any atom is 0.158 e. The Hall–Kier alpha value is -0.0800. The molecule has 0 aliphatic heterocycles. The highest BCUT2D eigenvalue weighted by Gasteiger charge is 2.17. The highest BCUT2D eigenvalue weighted by atomic mass is 16.7. The van der Waals surface area contributed by atoms with Crippen molar-refractivity contribution in [2.45, 2.75) is 45.0 Å². The molecule has 65 valence electrons. The van der Waals surface area contributed by atoms with E-state index in [9.17, 15) is 0 Å². The number of hydrogen-bond acceptors (Lipinski definition) is 2. The van der Waals surface area contributed by atoms with Crippen LogP contribution in [0.1, 0.15) is 32.6 Å². The Morgan fingerprint density at radius 3 is 2.64 bits per heavy atom. The maximum atomic E-state index is 5.52. The SMILES string of the molecule is [CH2]C(OCC)OC1CCCC1. The van der Waals surface area contributed by atoms with E-state index in [-0.39, 0.29) is 6.29 Å². The smallest absolute Gasteiger partial charge is 0.158 e. The molecule has 0 aromatic rings. The van der Waals surface area contributed by atoms with Crippen molar-refractivity contribution in [1.82, 2.24) is 0 Å².